The van der Waals surface area contributed by atoms with E-state index < -0.39 is 18.3 Å². The minimum atomic E-state index is -3.71. The molecule has 0 saturated carbocycles. The largest absolute Gasteiger partial charge is 0.477 e. The van der Waals surface area contributed by atoms with Gasteiger partial charge in [0.05, 0.1) is 13.2 Å². The van der Waals surface area contributed by atoms with Crippen LogP contribution in [0.4, 0.5) is 8.78 Å². The number of hydrogen-bond donors (Lipinski definition) is 1. The zero-order chi connectivity index (χ0) is 12.5. The average molecular weight is 242 g/mol. The van der Waals surface area contributed by atoms with Crippen molar-refractivity contribution in [3.63, 3.8) is 0 Å². The van der Waals surface area contributed by atoms with Crippen LogP contribution in [0.1, 0.15) is 16.7 Å². The number of carboxylic acid groups (broad SMARTS) is 1. The molecule has 1 aromatic carbocycles. The molecule has 0 radical (unpaired) electrons. The highest BCUT2D eigenvalue weighted by molar-refractivity contribution is 5.75. The molecule has 5 heteroatoms. The van der Waals surface area contributed by atoms with E-state index in [0.717, 1.165) is 11.1 Å². The molecule has 0 unspecified atom stereocenters. The van der Waals surface area contributed by atoms with E-state index in [4.69, 9.17) is 9.84 Å². The predicted molar refractivity (Wildman–Crippen MR) is 56.1 cm³/mol. The molecule has 1 aromatic rings. The van der Waals surface area contributed by atoms with Gasteiger partial charge in [0.15, 0.2) is 0 Å². The maximum absolute atomic E-state index is 13.0. The molecule has 0 spiro atoms. The third-order valence-electron chi connectivity index (χ3n) is 2.78. The zero-order valence-electron chi connectivity index (χ0n) is 9.08. The minimum absolute atomic E-state index is 0.345. The number of benzene rings is 1. The monoisotopic (exact) mass is 242 g/mol. The second-order valence-corrected chi connectivity index (χ2v) is 4.09. The molecule has 92 valence electrons. The van der Waals surface area contributed by atoms with Crippen molar-refractivity contribution in [2.75, 3.05) is 6.61 Å². The Kier molecular flexibility index (Phi) is 3.11. The van der Waals surface area contributed by atoms with Gasteiger partial charge in [-0.05, 0) is 23.1 Å². The van der Waals surface area contributed by atoms with Gasteiger partial charge < -0.3 is 9.84 Å². The normalized spacial score (nSPS) is 15.4. The van der Waals surface area contributed by atoms with Crippen LogP contribution in [0, 0.1) is 0 Å². The third-order valence-corrected chi connectivity index (χ3v) is 2.78. The first-order chi connectivity index (χ1) is 7.99. The van der Waals surface area contributed by atoms with Gasteiger partial charge in [0, 0.05) is 6.42 Å². The first-order valence-electron chi connectivity index (χ1n) is 5.29. The number of aliphatic carboxylic acids is 1. The van der Waals surface area contributed by atoms with Gasteiger partial charge in [0.2, 0.25) is 0 Å². The van der Waals surface area contributed by atoms with Crippen LogP contribution >= 0.6 is 0 Å². The SMILES string of the molecule is O=C(O)C(F)(F)Cc1ccc2c(c1)CCOC2. The molecule has 0 bridgehead atoms. The van der Waals surface area contributed by atoms with Gasteiger partial charge in [-0.15, -0.1) is 0 Å². The zero-order valence-corrected chi connectivity index (χ0v) is 9.08. The fraction of sp³-hybridized carbons (Fsp3) is 0.417. The summed E-state index contributed by atoms with van der Waals surface area (Å²) in [5.41, 5.74) is 2.30. The van der Waals surface area contributed by atoms with Gasteiger partial charge in [-0.3, -0.25) is 0 Å². The fourth-order valence-electron chi connectivity index (χ4n) is 1.86. The summed E-state index contributed by atoms with van der Waals surface area (Å²) in [5, 5.41) is 8.37. The van der Waals surface area contributed by atoms with E-state index in [1.165, 1.54) is 6.07 Å². The van der Waals surface area contributed by atoms with E-state index in [1.807, 2.05) is 0 Å². The van der Waals surface area contributed by atoms with Crippen LogP contribution in [-0.4, -0.2) is 23.6 Å². The molecular formula is C12H12F2O3. The molecule has 17 heavy (non-hydrogen) atoms. The average Bonchev–Trinajstić information content (AvgIpc) is 2.28. The third kappa shape index (κ3) is 2.61. The van der Waals surface area contributed by atoms with Gasteiger partial charge in [-0.25, -0.2) is 4.79 Å². The molecule has 1 aliphatic rings. The van der Waals surface area contributed by atoms with Gasteiger partial charge in [0.25, 0.3) is 0 Å². The van der Waals surface area contributed by atoms with Crippen molar-refractivity contribution in [2.24, 2.45) is 0 Å². The molecule has 0 atom stereocenters. The molecular weight excluding hydrogens is 230 g/mol. The Labute approximate surface area is 97.0 Å². The van der Waals surface area contributed by atoms with Crippen LogP contribution in [0.2, 0.25) is 0 Å². The van der Waals surface area contributed by atoms with Crippen molar-refractivity contribution < 1.29 is 23.4 Å². The topological polar surface area (TPSA) is 46.5 Å². The summed E-state index contributed by atoms with van der Waals surface area (Å²) in [6.07, 6.45) is -0.0850. The highest BCUT2D eigenvalue weighted by Gasteiger charge is 2.38. The maximum atomic E-state index is 13.0. The molecule has 0 aromatic heterocycles. The standard InChI is InChI=1S/C12H12F2O3/c13-12(14,11(15)16)6-8-1-2-10-7-17-4-3-9(10)5-8/h1-2,5H,3-4,6-7H2,(H,15,16). The van der Waals surface area contributed by atoms with Crippen molar-refractivity contribution in [1.82, 2.24) is 0 Å². The molecule has 1 aliphatic heterocycles. The first-order valence-corrected chi connectivity index (χ1v) is 5.29. The Morgan fingerprint density at radius 1 is 1.41 bits per heavy atom. The van der Waals surface area contributed by atoms with Gasteiger partial charge in [0.1, 0.15) is 0 Å². The van der Waals surface area contributed by atoms with Gasteiger partial charge in [-0.1, -0.05) is 18.2 Å². The van der Waals surface area contributed by atoms with Crippen molar-refractivity contribution in [3.8, 4) is 0 Å². The summed E-state index contributed by atoms with van der Waals surface area (Å²) in [6.45, 7) is 1.07. The van der Waals surface area contributed by atoms with Crippen molar-refractivity contribution in [3.05, 3.63) is 34.9 Å². The lowest BCUT2D eigenvalue weighted by Crippen LogP contribution is -2.30. The van der Waals surface area contributed by atoms with E-state index in [2.05, 4.69) is 0 Å². The smallest absolute Gasteiger partial charge is 0.374 e. The second-order valence-electron chi connectivity index (χ2n) is 4.09. The Morgan fingerprint density at radius 3 is 2.88 bits per heavy atom. The van der Waals surface area contributed by atoms with Crippen LogP contribution in [0.15, 0.2) is 18.2 Å². The lowest BCUT2D eigenvalue weighted by atomic mass is 9.97. The Balaban J connectivity index is 2.20. The van der Waals surface area contributed by atoms with E-state index in [0.29, 0.717) is 25.2 Å². The number of rotatable bonds is 3. The number of ether oxygens (including phenoxy) is 1. The molecule has 1 heterocycles. The van der Waals surface area contributed by atoms with Crippen LogP contribution < -0.4 is 0 Å². The Hall–Kier alpha value is -1.49. The number of fused-ring (bicyclic) bond motifs is 1. The Morgan fingerprint density at radius 2 is 2.18 bits per heavy atom. The molecule has 0 aliphatic carbocycles. The predicted octanol–water partition coefficient (Wildman–Crippen LogP) is 2.02. The number of carboxylic acids is 1. The van der Waals surface area contributed by atoms with Gasteiger partial charge in [-0.2, -0.15) is 8.78 Å². The number of halogens is 2. The van der Waals surface area contributed by atoms with Crippen LogP contribution in [-0.2, 0) is 29.0 Å². The first kappa shape index (κ1) is 12.0. The minimum Gasteiger partial charge on any atom is -0.477 e. The van der Waals surface area contributed by atoms with Crippen LogP contribution in [0.3, 0.4) is 0 Å². The van der Waals surface area contributed by atoms with E-state index in [9.17, 15) is 13.6 Å². The van der Waals surface area contributed by atoms with Crippen molar-refractivity contribution in [1.29, 1.82) is 0 Å². The summed E-state index contributed by atoms with van der Waals surface area (Å²) in [7, 11) is 0. The van der Waals surface area contributed by atoms with Gasteiger partial charge >= 0.3 is 11.9 Å². The number of hydrogen-bond acceptors (Lipinski definition) is 2. The number of alkyl halides is 2. The van der Waals surface area contributed by atoms with Crippen molar-refractivity contribution in [2.45, 2.75) is 25.4 Å². The summed E-state index contributed by atoms with van der Waals surface area (Å²) in [4.78, 5) is 10.3. The lowest BCUT2D eigenvalue weighted by Gasteiger charge is -2.18. The summed E-state index contributed by atoms with van der Waals surface area (Å²) in [5.74, 6) is -5.79. The fourth-order valence-corrected chi connectivity index (χ4v) is 1.86. The summed E-state index contributed by atoms with van der Waals surface area (Å²) >= 11 is 0. The Bertz CT molecular complexity index is 443. The quantitative estimate of drug-likeness (QED) is 0.882. The van der Waals surface area contributed by atoms with E-state index in [-0.39, 0.29) is 0 Å². The molecule has 0 fully saturated rings. The molecule has 2 rings (SSSR count). The van der Waals surface area contributed by atoms with Crippen LogP contribution in [0.25, 0.3) is 0 Å². The van der Waals surface area contributed by atoms with Crippen LogP contribution in [0.5, 0.6) is 0 Å². The lowest BCUT2D eigenvalue weighted by molar-refractivity contribution is -0.164. The number of carbonyl (C=O) groups is 1. The summed E-state index contributed by atoms with van der Waals surface area (Å²) < 4.78 is 31.3. The highest BCUT2D eigenvalue weighted by Crippen LogP contribution is 2.24. The van der Waals surface area contributed by atoms with E-state index in [1.54, 1.807) is 12.1 Å². The van der Waals surface area contributed by atoms with E-state index >= 15 is 0 Å². The molecule has 1 N–H and O–H groups in total. The second kappa shape index (κ2) is 4.41. The molecule has 0 saturated heterocycles. The van der Waals surface area contributed by atoms with Crippen molar-refractivity contribution >= 4 is 5.97 Å². The molecule has 3 nitrogen and oxygen atoms in total. The molecule has 0 amide bonds. The maximum Gasteiger partial charge on any atom is 0.374 e. The summed E-state index contributed by atoms with van der Waals surface area (Å²) in [6, 6.07) is 4.90. The highest BCUT2D eigenvalue weighted by atomic mass is 19.3.